The molecule has 0 aromatic carbocycles. The molecule has 1 rings (SSSR count). The van der Waals surface area contributed by atoms with Crippen molar-refractivity contribution < 1.29 is 4.74 Å². The van der Waals surface area contributed by atoms with E-state index < -0.39 is 0 Å². The molecule has 0 saturated carbocycles. The van der Waals surface area contributed by atoms with Crippen LogP contribution in [0.1, 0.15) is 12.8 Å². The van der Waals surface area contributed by atoms with Gasteiger partial charge in [-0.15, -0.1) is 0 Å². The van der Waals surface area contributed by atoms with Crippen LogP contribution in [0.25, 0.3) is 0 Å². The van der Waals surface area contributed by atoms with Gasteiger partial charge in [-0.3, -0.25) is 0 Å². The molecule has 2 nitrogen and oxygen atoms in total. The molecule has 0 saturated heterocycles. The molecule has 1 N–H and O–H groups in total. The molecular weight excluding hydrogens is 242 g/mol. The number of rotatable bonds is 5. The number of nitrogens with one attached hydrogen (secondary N) is 1. The van der Waals surface area contributed by atoms with Crippen molar-refractivity contribution in [2.24, 2.45) is 0 Å². The van der Waals surface area contributed by atoms with Crippen molar-refractivity contribution >= 4 is 22.1 Å². The zero-order chi connectivity index (χ0) is 10.2. The van der Waals surface area contributed by atoms with Crippen molar-refractivity contribution in [1.82, 2.24) is 0 Å². The predicted octanol–water partition coefficient (Wildman–Crippen LogP) is 3.21. The van der Waals surface area contributed by atoms with Gasteiger partial charge in [0, 0.05) is 18.0 Å². The second-order valence-electron chi connectivity index (χ2n) is 2.94. The molecule has 3 heteroatoms. The van der Waals surface area contributed by atoms with E-state index in [0.717, 1.165) is 36.1 Å². The Hall–Kier alpha value is -0.830. The lowest BCUT2D eigenvalue weighted by molar-refractivity contribution is 0.209. The summed E-state index contributed by atoms with van der Waals surface area (Å²) < 4.78 is 5.56. The molecule has 0 bridgehead atoms. The second-order valence-corrected chi connectivity index (χ2v) is 3.73. The van der Waals surface area contributed by atoms with Crippen molar-refractivity contribution in [3.05, 3.63) is 35.6 Å². The average Bonchev–Trinajstić information content (AvgIpc) is 2.43. The number of allylic oxidation sites excluding steroid dienone is 5. The maximum atomic E-state index is 7.11. The minimum atomic E-state index is 0.749. The zero-order valence-corrected chi connectivity index (χ0v) is 9.59. The van der Waals surface area contributed by atoms with Crippen LogP contribution in [0.3, 0.4) is 0 Å². The van der Waals surface area contributed by atoms with E-state index in [1.54, 1.807) is 0 Å². The van der Waals surface area contributed by atoms with E-state index in [-0.39, 0.29) is 0 Å². The first-order valence-corrected chi connectivity index (χ1v) is 5.75. The first-order valence-electron chi connectivity index (χ1n) is 4.63. The van der Waals surface area contributed by atoms with Gasteiger partial charge in [-0.25, -0.2) is 0 Å². The van der Waals surface area contributed by atoms with Crippen LogP contribution in [0.5, 0.6) is 0 Å². The maximum absolute atomic E-state index is 7.11. The van der Waals surface area contributed by atoms with Crippen LogP contribution in [-0.2, 0) is 4.74 Å². The number of hydrogen-bond acceptors (Lipinski definition) is 2. The molecule has 1 aliphatic carbocycles. The van der Waals surface area contributed by atoms with Crippen LogP contribution in [0.2, 0.25) is 0 Å². The molecule has 0 amide bonds. The van der Waals surface area contributed by atoms with Crippen LogP contribution in [-0.4, -0.2) is 18.2 Å². The fraction of sp³-hybridized carbons (Fsp3) is 0.364. The van der Waals surface area contributed by atoms with Gasteiger partial charge in [-0.1, -0.05) is 34.2 Å². The third-order valence-corrected chi connectivity index (χ3v) is 2.40. The molecule has 0 aliphatic heterocycles. The van der Waals surface area contributed by atoms with Crippen molar-refractivity contribution in [3.8, 4) is 0 Å². The number of alkyl halides is 1. The Kier molecular flexibility index (Phi) is 5.30. The fourth-order valence-corrected chi connectivity index (χ4v) is 1.32. The SMILES string of the molecule is N=CC1=CCC(OCCCBr)=CC=C1. The summed E-state index contributed by atoms with van der Waals surface area (Å²) >= 11 is 3.36. The quantitative estimate of drug-likeness (QED) is 0.457. The number of hydrogen-bond donors (Lipinski definition) is 1. The van der Waals surface area contributed by atoms with E-state index in [9.17, 15) is 0 Å². The highest BCUT2D eigenvalue weighted by Gasteiger charge is 1.99. The highest BCUT2D eigenvalue weighted by Crippen LogP contribution is 2.12. The van der Waals surface area contributed by atoms with E-state index in [2.05, 4.69) is 15.9 Å². The van der Waals surface area contributed by atoms with E-state index >= 15 is 0 Å². The number of halogens is 1. The highest BCUT2D eigenvalue weighted by molar-refractivity contribution is 9.09. The molecular formula is C11H14BrNO. The Labute approximate surface area is 93.0 Å². The van der Waals surface area contributed by atoms with Gasteiger partial charge in [-0.2, -0.15) is 0 Å². The zero-order valence-electron chi connectivity index (χ0n) is 8.00. The summed E-state index contributed by atoms with van der Waals surface area (Å²) in [6, 6.07) is 0. The van der Waals surface area contributed by atoms with Crippen LogP contribution in [0.4, 0.5) is 0 Å². The Balaban J connectivity index is 2.42. The molecule has 0 spiro atoms. The molecule has 0 aromatic rings. The van der Waals surface area contributed by atoms with Crippen LogP contribution in [0, 0.1) is 5.41 Å². The summed E-state index contributed by atoms with van der Waals surface area (Å²) in [5.74, 6) is 0.971. The smallest absolute Gasteiger partial charge is 0.0997 e. The Morgan fingerprint density at radius 2 is 2.43 bits per heavy atom. The van der Waals surface area contributed by atoms with Crippen molar-refractivity contribution in [1.29, 1.82) is 5.41 Å². The van der Waals surface area contributed by atoms with E-state index in [4.69, 9.17) is 10.1 Å². The van der Waals surface area contributed by atoms with Crippen LogP contribution >= 0.6 is 15.9 Å². The number of ether oxygens (including phenoxy) is 1. The first-order chi connectivity index (χ1) is 6.86. The summed E-state index contributed by atoms with van der Waals surface area (Å²) in [7, 11) is 0. The van der Waals surface area contributed by atoms with E-state index in [1.807, 2.05) is 24.3 Å². The molecule has 14 heavy (non-hydrogen) atoms. The third-order valence-electron chi connectivity index (χ3n) is 1.84. The summed E-state index contributed by atoms with van der Waals surface area (Å²) in [6.45, 7) is 0.749. The lowest BCUT2D eigenvalue weighted by atomic mass is 10.2. The molecule has 0 fully saturated rings. The molecule has 76 valence electrons. The van der Waals surface area contributed by atoms with Gasteiger partial charge < -0.3 is 10.1 Å². The molecule has 0 heterocycles. The van der Waals surface area contributed by atoms with Gasteiger partial charge in [0.1, 0.15) is 0 Å². The molecule has 1 aliphatic rings. The fourth-order valence-electron chi connectivity index (χ4n) is 1.09. The summed E-state index contributed by atoms with van der Waals surface area (Å²) in [4.78, 5) is 0. The Morgan fingerprint density at radius 3 is 3.14 bits per heavy atom. The summed E-state index contributed by atoms with van der Waals surface area (Å²) in [5.41, 5.74) is 0.931. The average molecular weight is 256 g/mol. The van der Waals surface area contributed by atoms with E-state index in [1.165, 1.54) is 6.21 Å². The van der Waals surface area contributed by atoms with E-state index in [0.29, 0.717) is 0 Å². The predicted molar refractivity (Wildman–Crippen MR) is 63.1 cm³/mol. The monoisotopic (exact) mass is 255 g/mol. The standard InChI is InChI=1S/C11H14BrNO/c12-7-2-8-14-11-4-1-3-10(9-13)5-6-11/h1,3-5,9,13H,2,6-8H2. The maximum Gasteiger partial charge on any atom is 0.0997 e. The molecule has 0 atom stereocenters. The van der Waals surface area contributed by atoms with Crippen molar-refractivity contribution in [3.63, 3.8) is 0 Å². The van der Waals surface area contributed by atoms with Crippen LogP contribution < -0.4 is 0 Å². The lowest BCUT2D eigenvalue weighted by Gasteiger charge is -2.06. The minimum Gasteiger partial charge on any atom is -0.498 e. The Morgan fingerprint density at radius 1 is 1.57 bits per heavy atom. The van der Waals surface area contributed by atoms with Crippen molar-refractivity contribution in [2.45, 2.75) is 12.8 Å². The Bertz CT molecular complexity index is 279. The third kappa shape index (κ3) is 3.92. The van der Waals surface area contributed by atoms with Gasteiger partial charge in [0.25, 0.3) is 0 Å². The first kappa shape index (κ1) is 11.2. The minimum absolute atomic E-state index is 0.749. The van der Waals surface area contributed by atoms with Gasteiger partial charge >= 0.3 is 0 Å². The molecule has 0 aromatic heterocycles. The van der Waals surface area contributed by atoms with Gasteiger partial charge in [0.15, 0.2) is 0 Å². The topological polar surface area (TPSA) is 33.1 Å². The van der Waals surface area contributed by atoms with Gasteiger partial charge in [-0.05, 0) is 18.1 Å². The second kappa shape index (κ2) is 6.60. The molecule has 0 radical (unpaired) electrons. The van der Waals surface area contributed by atoms with Crippen molar-refractivity contribution in [2.75, 3.05) is 11.9 Å². The molecule has 0 unspecified atom stereocenters. The van der Waals surface area contributed by atoms with Crippen LogP contribution in [0.15, 0.2) is 35.6 Å². The lowest BCUT2D eigenvalue weighted by Crippen LogP contribution is -1.94. The normalized spacial score (nSPS) is 15.5. The summed E-state index contributed by atoms with van der Waals surface area (Å²) in [5, 5.41) is 8.08. The van der Waals surface area contributed by atoms with Gasteiger partial charge in [0.05, 0.1) is 12.4 Å². The highest BCUT2D eigenvalue weighted by atomic mass is 79.9. The van der Waals surface area contributed by atoms with Gasteiger partial charge in [0.2, 0.25) is 0 Å². The summed E-state index contributed by atoms with van der Waals surface area (Å²) in [6.07, 6.45) is 10.9. The largest absolute Gasteiger partial charge is 0.498 e.